The Morgan fingerprint density at radius 2 is 1.84 bits per heavy atom. The molecular weight excluding hydrogens is 470 g/mol. The van der Waals surface area contributed by atoms with E-state index in [4.69, 9.17) is 4.74 Å². The molecule has 9 nitrogen and oxygen atoms in total. The molecule has 1 aliphatic heterocycles. The fourth-order valence-corrected chi connectivity index (χ4v) is 4.59. The van der Waals surface area contributed by atoms with Crippen molar-refractivity contribution >= 4 is 34.5 Å². The third-order valence-corrected chi connectivity index (χ3v) is 6.59. The number of rotatable bonds is 7. The summed E-state index contributed by atoms with van der Waals surface area (Å²) in [6.07, 6.45) is 1.44. The monoisotopic (exact) mass is 497 g/mol. The summed E-state index contributed by atoms with van der Waals surface area (Å²) in [6, 6.07) is 20.8. The van der Waals surface area contributed by atoms with Crippen LogP contribution in [0.5, 0.6) is 0 Å². The van der Waals surface area contributed by atoms with Gasteiger partial charge >= 0.3 is 5.97 Å². The highest BCUT2D eigenvalue weighted by Gasteiger charge is 2.38. The van der Waals surface area contributed by atoms with Gasteiger partial charge in [0, 0.05) is 18.4 Å². The lowest BCUT2D eigenvalue weighted by Gasteiger charge is -2.25. The van der Waals surface area contributed by atoms with Gasteiger partial charge in [-0.1, -0.05) is 48.5 Å². The van der Waals surface area contributed by atoms with E-state index >= 15 is 0 Å². The Morgan fingerprint density at radius 1 is 1.08 bits per heavy atom. The molecule has 2 unspecified atom stereocenters. The van der Waals surface area contributed by atoms with Crippen LogP contribution in [0.2, 0.25) is 0 Å². The molecule has 188 valence electrons. The maximum atomic E-state index is 13.4. The largest absolute Gasteiger partial charge is 0.462 e. The molecular formula is C28H27N5O4. The van der Waals surface area contributed by atoms with Crippen molar-refractivity contribution in [3.05, 3.63) is 84.1 Å². The normalized spacial score (nSPS) is 16.1. The van der Waals surface area contributed by atoms with Crippen molar-refractivity contribution in [3.8, 4) is 5.82 Å². The zero-order valence-electron chi connectivity index (χ0n) is 20.6. The molecule has 3 heterocycles. The molecule has 1 N–H and O–H groups in total. The smallest absolute Gasteiger partial charge is 0.343 e. The molecule has 0 aliphatic carbocycles. The van der Waals surface area contributed by atoms with Crippen molar-refractivity contribution in [2.24, 2.45) is 5.92 Å². The van der Waals surface area contributed by atoms with Gasteiger partial charge in [-0.3, -0.25) is 9.59 Å². The van der Waals surface area contributed by atoms with Crippen molar-refractivity contribution in [1.29, 1.82) is 0 Å². The van der Waals surface area contributed by atoms with Gasteiger partial charge in [-0.2, -0.15) is 9.78 Å². The predicted octanol–water partition coefficient (Wildman–Crippen LogP) is 4.15. The maximum Gasteiger partial charge on any atom is 0.343 e. The molecule has 0 spiro atoms. The van der Waals surface area contributed by atoms with Gasteiger partial charge in [0.1, 0.15) is 5.56 Å². The van der Waals surface area contributed by atoms with E-state index in [1.54, 1.807) is 17.9 Å². The van der Waals surface area contributed by atoms with Crippen LogP contribution in [0.4, 0.5) is 5.82 Å². The molecule has 37 heavy (non-hydrogen) atoms. The number of amides is 2. The Labute approximate surface area is 214 Å². The molecule has 2 aromatic heterocycles. The Kier molecular flexibility index (Phi) is 6.68. The number of carbonyl (C=O) groups excluding carboxylic acids is 3. The lowest BCUT2D eigenvalue weighted by molar-refractivity contribution is -0.129. The number of esters is 1. The summed E-state index contributed by atoms with van der Waals surface area (Å²) in [6.45, 7) is 4.11. The fraction of sp³-hybridized carbons (Fsp3) is 0.250. The highest BCUT2D eigenvalue weighted by Crippen LogP contribution is 2.30. The molecule has 0 radical (unpaired) electrons. The lowest BCUT2D eigenvalue weighted by atomic mass is 10.1. The first-order valence-electron chi connectivity index (χ1n) is 12.2. The second kappa shape index (κ2) is 10.2. The number of nitrogens with zero attached hydrogens (tertiary/aromatic N) is 4. The molecule has 5 rings (SSSR count). The van der Waals surface area contributed by atoms with Crippen LogP contribution in [0.15, 0.2) is 72.9 Å². The van der Waals surface area contributed by atoms with E-state index in [2.05, 4.69) is 15.4 Å². The molecule has 2 aromatic carbocycles. The van der Waals surface area contributed by atoms with E-state index < -0.39 is 11.9 Å². The Hall–Kier alpha value is -4.53. The van der Waals surface area contributed by atoms with Crippen LogP contribution in [0, 0.1) is 5.92 Å². The van der Waals surface area contributed by atoms with Crippen LogP contribution in [0.25, 0.3) is 16.7 Å². The van der Waals surface area contributed by atoms with E-state index in [1.807, 2.05) is 67.6 Å². The fourth-order valence-electron chi connectivity index (χ4n) is 4.59. The van der Waals surface area contributed by atoms with Crippen molar-refractivity contribution in [1.82, 2.24) is 19.7 Å². The number of anilines is 1. The summed E-state index contributed by atoms with van der Waals surface area (Å²) in [7, 11) is 0. The zero-order chi connectivity index (χ0) is 25.9. The molecule has 2 atom stereocenters. The number of ether oxygens (including phenoxy) is 1. The first-order chi connectivity index (χ1) is 18.0. The first-order valence-corrected chi connectivity index (χ1v) is 12.2. The summed E-state index contributed by atoms with van der Waals surface area (Å²) in [5.41, 5.74) is 1.86. The van der Waals surface area contributed by atoms with E-state index in [0.717, 1.165) is 16.5 Å². The number of likely N-dealkylation sites (tertiary alicyclic amines) is 1. The summed E-state index contributed by atoms with van der Waals surface area (Å²) >= 11 is 0. The number of nitrogens with one attached hydrogen (secondary N) is 1. The minimum Gasteiger partial charge on any atom is -0.462 e. The molecule has 1 fully saturated rings. The number of carbonyl (C=O) groups is 3. The molecule has 1 aliphatic rings. The van der Waals surface area contributed by atoms with E-state index in [0.29, 0.717) is 5.82 Å². The second-order valence-corrected chi connectivity index (χ2v) is 8.92. The maximum absolute atomic E-state index is 13.4. The molecule has 1 saturated heterocycles. The van der Waals surface area contributed by atoms with Crippen molar-refractivity contribution in [2.45, 2.75) is 26.3 Å². The summed E-state index contributed by atoms with van der Waals surface area (Å²) in [4.78, 5) is 45.2. The summed E-state index contributed by atoms with van der Waals surface area (Å²) in [5.74, 6) is -1.05. The Balaban J connectivity index is 1.42. The molecule has 2 amide bonds. The van der Waals surface area contributed by atoms with Crippen LogP contribution in [-0.2, 0) is 14.3 Å². The molecule has 0 saturated carbocycles. The van der Waals surface area contributed by atoms with Crippen LogP contribution >= 0.6 is 0 Å². The average molecular weight is 498 g/mol. The van der Waals surface area contributed by atoms with Crippen LogP contribution in [0.3, 0.4) is 0 Å². The molecule has 9 heteroatoms. The SMILES string of the molecule is CCOC(=O)c1cnn(-c2ccc3ccccc3n2)c1NC(=O)C1CC(=O)N(C(C)c2ccccc2)C1. The number of aromatic nitrogens is 3. The van der Waals surface area contributed by atoms with E-state index in [1.165, 1.54) is 10.9 Å². The number of pyridine rings is 1. The molecule has 4 aromatic rings. The van der Waals surface area contributed by atoms with E-state index in [-0.39, 0.29) is 48.8 Å². The highest BCUT2D eigenvalue weighted by atomic mass is 16.5. The van der Waals surface area contributed by atoms with Crippen LogP contribution in [-0.4, -0.2) is 50.6 Å². The van der Waals surface area contributed by atoms with Gasteiger partial charge in [0.05, 0.1) is 30.3 Å². The summed E-state index contributed by atoms with van der Waals surface area (Å²) < 4.78 is 6.60. The standard InChI is InChI=1S/C28H27N5O4/c1-3-37-28(36)22-16-29-33(24-14-13-20-11-7-8-12-23(20)30-24)26(22)31-27(35)21-15-25(34)32(17-21)18(2)19-9-5-4-6-10-19/h4-14,16,18,21H,3,15,17H2,1-2H3,(H,31,35). The Bertz CT molecular complexity index is 1470. The van der Waals surface area contributed by atoms with Gasteiger partial charge < -0.3 is 15.0 Å². The van der Waals surface area contributed by atoms with Crippen molar-refractivity contribution in [3.63, 3.8) is 0 Å². The third-order valence-electron chi connectivity index (χ3n) is 6.59. The van der Waals surface area contributed by atoms with Crippen molar-refractivity contribution in [2.75, 3.05) is 18.5 Å². The van der Waals surface area contributed by atoms with E-state index in [9.17, 15) is 14.4 Å². The quantitative estimate of drug-likeness (QED) is 0.385. The topological polar surface area (TPSA) is 106 Å². The van der Waals surface area contributed by atoms with Crippen molar-refractivity contribution < 1.29 is 19.1 Å². The predicted molar refractivity (Wildman–Crippen MR) is 138 cm³/mol. The second-order valence-electron chi connectivity index (χ2n) is 8.92. The van der Waals surface area contributed by atoms with Gasteiger partial charge in [0.25, 0.3) is 0 Å². The van der Waals surface area contributed by atoms with Gasteiger partial charge in [-0.25, -0.2) is 9.78 Å². The molecule has 0 bridgehead atoms. The number of para-hydroxylation sites is 1. The van der Waals surface area contributed by atoms with Gasteiger partial charge in [0.15, 0.2) is 11.6 Å². The minimum absolute atomic E-state index is 0.0834. The highest BCUT2D eigenvalue weighted by molar-refractivity contribution is 6.02. The summed E-state index contributed by atoms with van der Waals surface area (Å²) in [5, 5.41) is 8.13. The lowest BCUT2D eigenvalue weighted by Crippen LogP contribution is -2.31. The van der Waals surface area contributed by atoms with Gasteiger partial charge in [-0.15, -0.1) is 0 Å². The number of fused-ring (bicyclic) bond motifs is 1. The number of benzene rings is 2. The van der Waals surface area contributed by atoms with Crippen LogP contribution < -0.4 is 5.32 Å². The Morgan fingerprint density at radius 3 is 2.62 bits per heavy atom. The average Bonchev–Trinajstić information content (AvgIpc) is 3.52. The number of hydrogen-bond acceptors (Lipinski definition) is 6. The minimum atomic E-state index is -0.605. The van der Waals surface area contributed by atoms with Crippen LogP contribution in [0.1, 0.15) is 42.2 Å². The van der Waals surface area contributed by atoms with Gasteiger partial charge in [-0.05, 0) is 37.6 Å². The van der Waals surface area contributed by atoms with Gasteiger partial charge in [0.2, 0.25) is 11.8 Å². The third kappa shape index (κ3) is 4.80. The zero-order valence-corrected chi connectivity index (χ0v) is 20.6. The first kappa shape index (κ1) is 24.2. The number of hydrogen-bond donors (Lipinski definition) is 1.